The number of hydrogen-bond acceptors (Lipinski definition) is 7. The molecule has 196 valence electrons. The van der Waals surface area contributed by atoms with E-state index in [1.54, 1.807) is 0 Å². The van der Waals surface area contributed by atoms with Gasteiger partial charge in [-0.05, 0) is 36.0 Å². The molecule has 2 amide bonds. The number of anilines is 1. The molecule has 0 spiro atoms. The highest BCUT2D eigenvalue weighted by Crippen LogP contribution is 2.63. The second-order valence-corrected chi connectivity index (χ2v) is 13.4. The summed E-state index contributed by atoms with van der Waals surface area (Å²) in [4.78, 5) is 33.9. The molecule has 3 aliphatic rings. The van der Waals surface area contributed by atoms with Gasteiger partial charge in [0.2, 0.25) is 11.8 Å². The number of nitrogens with one attached hydrogen (secondary N) is 1. The van der Waals surface area contributed by atoms with Crippen LogP contribution in [0, 0.1) is 22.2 Å². The Morgan fingerprint density at radius 2 is 1.94 bits per heavy atom. The van der Waals surface area contributed by atoms with E-state index in [0.29, 0.717) is 57.1 Å². The third-order valence-electron chi connectivity index (χ3n) is 8.57. The van der Waals surface area contributed by atoms with Crippen LogP contribution in [-0.4, -0.2) is 70.9 Å². The summed E-state index contributed by atoms with van der Waals surface area (Å²) >= 11 is 1.47. The Hall–Kier alpha value is -1.55. The number of carbonyl (C=O) groups excluding carboxylic acids is 2. The molecule has 1 saturated carbocycles. The summed E-state index contributed by atoms with van der Waals surface area (Å²) in [6.45, 7) is 12.4. The van der Waals surface area contributed by atoms with Gasteiger partial charge in [0.1, 0.15) is 0 Å². The van der Waals surface area contributed by atoms with Crippen molar-refractivity contribution in [2.24, 2.45) is 22.2 Å². The molecule has 0 radical (unpaired) electrons. The van der Waals surface area contributed by atoms with Gasteiger partial charge in [-0.1, -0.05) is 34.6 Å². The van der Waals surface area contributed by atoms with Crippen LogP contribution in [0.15, 0.2) is 0 Å². The number of nitrogens with zero attached hydrogens (tertiary/aromatic N) is 2. The van der Waals surface area contributed by atoms with Crippen LogP contribution in [0.2, 0.25) is 0 Å². The number of amides is 2. The smallest absolute Gasteiger partial charge is 0.226 e. The molecule has 2 aliphatic carbocycles. The highest BCUT2D eigenvalue weighted by Gasteiger charge is 2.59. The van der Waals surface area contributed by atoms with Crippen LogP contribution in [0.25, 0.3) is 0 Å². The minimum Gasteiger partial charge on any atom is -0.396 e. The Bertz CT molecular complexity index is 953. The molecule has 0 aromatic carbocycles. The van der Waals surface area contributed by atoms with Gasteiger partial charge in [-0.2, -0.15) is 0 Å². The Kier molecular flexibility index (Phi) is 7.37. The van der Waals surface area contributed by atoms with E-state index >= 15 is 0 Å². The van der Waals surface area contributed by atoms with E-state index in [1.165, 1.54) is 11.3 Å². The lowest BCUT2D eigenvalue weighted by molar-refractivity contribution is -0.149. The topological polar surface area (TPSA) is 112 Å². The highest BCUT2D eigenvalue weighted by molar-refractivity contribution is 7.15. The van der Waals surface area contributed by atoms with Crippen molar-refractivity contribution < 1.29 is 24.5 Å². The SMILES string of the molecule is CC(C)(C)CC(=O)Nc1nc2c(s1)C[C@@H]1[C@](C)(CO)[C@H](O)CC[C@@]1(C)[C@@H]2CC(=O)N1CCOCC1. The van der Waals surface area contributed by atoms with Gasteiger partial charge >= 0.3 is 0 Å². The van der Waals surface area contributed by atoms with Gasteiger partial charge in [0.25, 0.3) is 0 Å². The fourth-order valence-corrected chi connectivity index (χ4v) is 7.55. The van der Waals surface area contributed by atoms with E-state index in [9.17, 15) is 19.8 Å². The van der Waals surface area contributed by atoms with E-state index in [-0.39, 0.29) is 41.1 Å². The number of aromatic nitrogens is 1. The summed E-state index contributed by atoms with van der Waals surface area (Å²) in [6.07, 6.45) is 2.15. The number of aliphatic hydroxyl groups is 2. The predicted octanol–water partition coefficient (Wildman–Crippen LogP) is 3.18. The predicted molar refractivity (Wildman–Crippen MR) is 135 cm³/mol. The van der Waals surface area contributed by atoms with Crippen molar-refractivity contribution in [1.82, 2.24) is 9.88 Å². The Labute approximate surface area is 212 Å². The number of aliphatic hydroxyl groups excluding tert-OH is 2. The first kappa shape index (κ1) is 26.5. The number of fused-ring (bicyclic) bond motifs is 2. The first-order chi connectivity index (χ1) is 16.4. The fraction of sp³-hybridized carbons (Fsp3) is 0.808. The summed E-state index contributed by atoms with van der Waals surface area (Å²) in [5.41, 5.74) is -0.190. The van der Waals surface area contributed by atoms with E-state index in [0.717, 1.165) is 17.0 Å². The standard InChI is InChI=1S/C26H41N3O5S/c1-24(2,3)14-20(32)27-23-28-22-16(12-21(33)29-8-10-34-11-9-29)25(4)7-6-19(31)26(5,15-30)18(25)13-17(22)35-23/h16,18-19,30-31H,6-15H2,1-5H3,(H,27,28,32)/t16-,18+,19-,25+,26+/m1/s1. The molecule has 1 aromatic heterocycles. The van der Waals surface area contributed by atoms with Crippen LogP contribution >= 0.6 is 11.3 Å². The molecule has 2 heterocycles. The summed E-state index contributed by atoms with van der Waals surface area (Å²) in [5.74, 6) is -0.121. The zero-order chi connectivity index (χ0) is 25.6. The van der Waals surface area contributed by atoms with Gasteiger partial charge in [0.05, 0.1) is 31.6 Å². The lowest BCUT2D eigenvalue weighted by Crippen LogP contribution is -2.58. The second kappa shape index (κ2) is 9.72. The molecule has 5 atom stereocenters. The summed E-state index contributed by atoms with van der Waals surface area (Å²) < 4.78 is 5.43. The molecule has 0 unspecified atom stereocenters. The maximum absolute atomic E-state index is 13.4. The molecule has 35 heavy (non-hydrogen) atoms. The van der Waals surface area contributed by atoms with Crippen LogP contribution < -0.4 is 5.32 Å². The number of morpholine rings is 1. The van der Waals surface area contributed by atoms with Crippen LogP contribution in [0.5, 0.6) is 0 Å². The molecule has 1 aromatic rings. The summed E-state index contributed by atoms with van der Waals surface area (Å²) in [7, 11) is 0. The number of rotatable bonds is 5. The largest absolute Gasteiger partial charge is 0.396 e. The van der Waals surface area contributed by atoms with E-state index in [2.05, 4.69) is 12.2 Å². The summed E-state index contributed by atoms with van der Waals surface area (Å²) in [6, 6.07) is 0. The monoisotopic (exact) mass is 507 g/mol. The van der Waals surface area contributed by atoms with E-state index < -0.39 is 11.5 Å². The van der Waals surface area contributed by atoms with Gasteiger partial charge in [-0.25, -0.2) is 4.98 Å². The summed E-state index contributed by atoms with van der Waals surface area (Å²) in [5, 5.41) is 24.9. The number of thiazole rings is 1. The third kappa shape index (κ3) is 5.15. The van der Waals surface area contributed by atoms with Crippen molar-refractivity contribution in [3.63, 3.8) is 0 Å². The van der Waals surface area contributed by atoms with Crippen LogP contribution in [0.4, 0.5) is 5.13 Å². The minimum absolute atomic E-state index is 0.00249. The quantitative estimate of drug-likeness (QED) is 0.564. The van der Waals surface area contributed by atoms with Crippen LogP contribution in [-0.2, 0) is 20.7 Å². The molecule has 8 nitrogen and oxygen atoms in total. The second-order valence-electron chi connectivity index (χ2n) is 12.3. The Morgan fingerprint density at radius 1 is 1.26 bits per heavy atom. The Morgan fingerprint density at radius 3 is 2.57 bits per heavy atom. The zero-order valence-corrected chi connectivity index (χ0v) is 22.5. The normalized spacial score (nSPS) is 33.1. The first-order valence-corrected chi connectivity index (χ1v) is 13.6. The molecule has 2 fully saturated rings. The highest BCUT2D eigenvalue weighted by atomic mass is 32.1. The lowest BCUT2D eigenvalue weighted by Gasteiger charge is -2.58. The molecule has 4 rings (SSSR count). The maximum Gasteiger partial charge on any atom is 0.226 e. The zero-order valence-electron chi connectivity index (χ0n) is 21.7. The Balaban J connectivity index is 1.69. The van der Waals surface area contributed by atoms with Crippen molar-refractivity contribution in [3.8, 4) is 0 Å². The minimum atomic E-state index is -0.662. The van der Waals surface area contributed by atoms with Gasteiger partial charge in [-0.3, -0.25) is 9.59 Å². The number of ether oxygens (including phenoxy) is 1. The average Bonchev–Trinajstić information content (AvgIpc) is 3.19. The van der Waals surface area contributed by atoms with Gasteiger partial charge in [0.15, 0.2) is 5.13 Å². The molecule has 1 aliphatic heterocycles. The van der Waals surface area contributed by atoms with E-state index in [4.69, 9.17) is 9.72 Å². The maximum atomic E-state index is 13.4. The van der Waals surface area contributed by atoms with Crippen molar-refractivity contribution in [3.05, 3.63) is 10.6 Å². The fourth-order valence-electron chi connectivity index (χ4n) is 6.46. The molecule has 0 bridgehead atoms. The molecule has 9 heteroatoms. The van der Waals surface area contributed by atoms with Crippen LogP contribution in [0.1, 0.15) is 76.8 Å². The van der Waals surface area contributed by atoms with Crippen LogP contribution in [0.3, 0.4) is 0 Å². The van der Waals surface area contributed by atoms with Gasteiger partial charge in [-0.15, -0.1) is 11.3 Å². The first-order valence-electron chi connectivity index (χ1n) is 12.8. The van der Waals surface area contributed by atoms with Crippen molar-refractivity contribution in [2.75, 3.05) is 38.2 Å². The molecular formula is C26H41N3O5S. The third-order valence-corrected chi connectivity index (χ3v) is 9.58. The van der Waals surface area contributed by atoms with Crippen molar-refractivity contribution >= 4 is 28.3 Å². The lowest BCUT2D eigenvalue weighted by atomic mass is 9.47. The molecule has 1 saturated heterocycles. The molecular weight excluding hydrogens is 466 g/mol. The van der Waals surface area contributed by atoms with E-state index in [1.807, 2.05) is 32.6 Å². The number of carbonyl (C=O) groups is 2. The van der Waals surface area contributed by atoms with Gasteiger partial charge in [0, 0.05) is 42.1 Å². The van der Waals surface area contributed by atoms with Gasteiger partial charge < -0.3 is 25.2 Å². The van der Waals surface area contributed by atoms with Crippen molar-refractivity contribution in [2.45, 2.75) is 78.7 Å². The number of hydrogen-bond donors (Lipinski definition) is 3. The van der Waals surface area contributed by atoms with Crippen molar-refractivity contribution in [1.29, 1.82) is 0 Å². The average molecular weight is 508 g/mol. The molecule has 3 N–H and O–H groups in total.